The van der Waals surface area contributed by atoms with Gasteiger partial charge < -0.3 is 29.0 Å². The van der Waals surface area contributed by atoms with E-state index >= 15 is 0 Å². The fourth-order valence-electron chi connectivity index (χ4n) is 4.70. The van der Waals surface area contributed by atoms with Crippen molar-refractivity contribution < 1.29 is 19.0 Å². The number of aromatic nitrogens is 3. The fraction of sp³-hybridized carbons (Fsp3) is 0.679. The highest BCUT2D eigenvalue weighted by Gasteiger charge is 2.33. The van der Waals surface area contributed by atoms with E-state index < -0.39 is 5.60 Å². The number of rotatable bonds is 9. The minimum absolute atomic E-state index is 0.0246. The van der Waals surface area contributed by atoms with Gasteiger partial charge in [0, 0.05) is 57.6 Å². The number of hydrazine groups is 1. The minimum Gasteiger partial charge on any atom is -0.444 e. The molecule has 2 aromatic rings. The molecule has 1 unspecified atom stereocenters. The van der Waals surface area contributed by atoms with Crippen LogP contribution >= 0.6 is 15.9 Å². The number of carbonyl (C=O) groups is 1. The molecule has 40 heavy (non-hydrogen) atoms. The van der Waals surface area contributed by atoms with Crippen molar-refractivity contribution in [2.45, 2.75) is 72.8 Å². The van der Waals surface area contributed by atoms with Gasteiger partial charge in [-0.25, -0.2) is 15.2 Å². The number of anilines is 1. The summed E-state index contributed by atoms with van der Waals surface area (Å²) in [7, 11) is 1.97. The third-order valence-corrected chi connectivity index (χ3v) is 7.23. The zero-order valence-electron chi connectivity index (χ0n) is 25.3. The number of likely N-dealkylation sites (tertiary alicyclic amines) is 1. The monoisotopic (exact) mass is 623 g/mol. The molecule has 0 aliphatic carbocycles. The molecular weight excluding hydrogens is 578 g/mol. The number of amides is 1. The van der Waals surface area contributed by atoms with Gasteiger partial charge in [0.2, 0.25) is 0 Å². The number of ether oxygens (including phenoxy) is 3. The van der Waals surface area contributed by atoms with Gasteiger partial charge in [-0.1, -0.05) is 13.8 Å². The number of hydrogen-bond acceptors (Lipinski definition) is 9. The SMILES string of the molecule is CC.CCOCN(COCC)c1c(Br)c(C2CCCN(C(=O)OC(C)(C)C)C2)nc2c(C3=CN(C)NC3)cnn12. The van der Waals surface area contributed by atoms with Gasteiger partial charge in [-0.15, -0.1) is 0 Å². The van der Waals surface area contributed by atoms with Crippen molar-refractivity contribution in [3.8, 4) is 0 Å². The van der Waals surface area contributed by atoms with Gasteiger partial charge in [-0.05, 0) is 69.0 Å². The van der Waals surface area contributed by atoms with Gasteiger partial charge in [-0.2, -0.15) is 9.61 Å². The molecule has 1 atom stereocenters. The normalized spacial score (nSPS) is 17.5. The smallest absolute Gasteiger partial charge is 0.410 e. The molecule has 2 aromatic heterocycles. The van der Waals surface area contributed by atoms with Crippen LogP contribution in [0.1, 0.15) is 78.5 Å². The van der Waals surface area contributed by atoms with Crippen molar-refractivity contribution in [2.24, 2.45) is 0 Å². The van der Waals surface area contributed by atoms with Gasteiger partial charge in [0.25, 0.3) is 0 Å². The van der Waals surface area contributed by atoms with Crippen molar-refractivity contribution in [2.75, 3.05) is 58.3 Å². The maximum atomic E-state index is 12.9. The number of hydrogen-bond donors (Lipinski definition) is 1. The van der Waals surface area contributed by atoms with Gasteiger partial charge in [-0.3, -0.25) is 0 Å². The van der Waals surface area contributed by atoms with Gasteiger partial charge in [0.05, 0.1) is 16.4 Å². The second-order valence-electron chi connectivity index (χ2n) is 10.6. The molecule has 0 bridgehead atoms. The summed E-state index contributed by atoms with van der Waals surface area (Å²) in [6, 6.07) is 0. The molecule has 2 aliphatic heterocycles. The predicted octanol–water partition coefficient (Wildman–Crippen LogP) is 5.22. The molecule has 12 heteroatoms. The summed E-state index contributed by atoms with van der Waals surface area (Å²) in [5, 5.41) is 6.70. The Morgan fingerprint density at radius 1 is 1.20 bits per heavy atom. The number of nitrogens with one attached hydrogen (secondary N) is 1. The van der Waals surface area contributed by atoms with E-state index in [1.54, 1.807) is 4.90 Å². The first kappa shape index (κ1) is 32.1. The van der Waals surface area contributed by atoms with Crippen LogP contribution in [0.25, 0.3) is 11.2 Å². The zero-order chi connectivity index (χ0) is 29.4. The van der Waals surface area contributed by atoms with E-state index in [9.17, 15) is 4.79 Å². The minimum atomic E-state index is -0.545. The van der Waals surface area contributed by atoms with Crippen LogP contribution in [0.4, 0.5) is 10.6 Å². The van der Waals surface area contributed by atoms with E-state index in [4.69, 9.17) is 24.3 Å². The van der Waals surface area contributed by atoms with Crippen LogP contribution in [-0.4, -0.2) is 89.6 Å². The predicted molar refractivity (Wildman–Crippen MR) is 161 cm³/mol. The molecule has 1 N–H and O–H groups in total. The number of carbonyl (C=O) groups excluding carboxylic acids is 1. The molecule has 1 amide bonds. The first-order valence-electron chi connectivity index (χ1n) is 14.3. The Morgan fingerprint density at radius 3 is 2.45 bits per heavy atom. The Labute approximate surface area is 246 Å². The topological polar surface area (TPSA) is 96.7 Å². The molecule has 4 rings (SSSR count). The summed E-state index contributed by atoms with van der Waals surface area (Å²) >= 11 is 3.88. The lowest BCUT2D eigenvalue weighted by Crippen LogP contribution is -2.42. The Bertz CT molecular complexity index is 1160. The summed E-state index contributed by atoms with van der Waals surface area (Å²) in [5.74, 6) is 0.837. The zero-order valence-corrected chi connectivity index (χ0v) is 26.9. The van der Waals surface area contributed by atoms with Crippen LogP contribution in [0.3, 0.4) is 0 Å². The fourth-order valence-corrected chi connectivity index (χ4v) is 5.53. The van der Waals surface area contributed by atoms with Crippen LogP contribution in [0.5, 0.6) is 0 Å². The molecule has 0 radical (unpaired) electrons. The van der Waals surface area contributed by atoms with Gasteiger partial charge in [0.15, 0.2) is 11.5 Å². The van der Waals surface area contributed by atoms with E-state index in [0.29, 0.717) is 46.3 Å². The van der Waals surface area contributed by atoms with E-state index in [1.807, 2.05) is 76.1 Å². The molecule has 2 aliphatic rings. The molecule has 1 fully saturated rings. The molecule has 4 heterocycles. The molecule has 0 spiro atoms. The lowest BCUT2D eigenvalue weighted by Gasteiger charge is -2.35. The Morgan fingerprint density at radius 2 is 1.88 bits per heavy atom. The van der Waals surface area contributed by atoms with E-state index in [0.717, 1.165) is 45.6 Å². The van der Waals surface area contributed by atoms with Crippen LogP contribution in [0.15, 0.2) is 16.9 Å². The van der Waals surface area contributed by atoms with Crippen molar-refractivity contribution in [1.29, 1.82) is 0 Å². The maximum absolute atomic E-state index is 12.9. The summed E-state index contributed by atoms with van der Waals surface area (Å²) in [6.07, 6.45) is 5.41. The average molecular weight is 625 g/mol. The van der Waals surface area contributed by atoms with E-state index in [2.05, 4.69) is 27.6 Å². The highest BCUT2D eigenvalue weighted by Crippen LogP contribution is 2.38. The van der Waals surface area contributed by atoms with Crippen LogP contribution in [0.2, 0.25) is 0 Å². The lowest BCUT2D eigenvalue weighted by molar-refractivity contribution is 0.0197. The molecule has 224 valence electrons. The Hall–Kier alpha value is -2.41. The number of halogens is 1. The highest BCUT2D eigenvalue weighted by molar-refractivity contribution is 9.10. The van der Waals surface area contributed by atoms with E-state index in [-0.39, 0.29) is 12.0 Å². The van der Waals surface area contributed by atoms with Crippen molar-refractivity contribution >= 4 is 39.1 Å². The second-order valence-corrected chi connectivity index (χ2v) is 11.4. The summed E-state index contributed by atoms with van der Waals surface area (Å²) in [4.78, 5) is 21.9. The van der Waals surface area contributed by atoms with E-state index in [1.165, 1.54) is 0 Å². The third kappa shape index (κ3) is 7.65. The average Bonchev–Trinajstić information content (AvgIpc) is 3.55. The molecule has 1 saturated heterocycles. The van der Waals surface area contributed by atoms with Crippen molar-refractivity contribution in [3.05, 3.63) is 28.1 Å². The Balaban J connectivity index is 0.00000216. The first-order chi connectivity index (χ1) is 19.1. The third-order valence-electron chi connectivity index (χ3n) is 6.47. The Kier molecular flexibility index (Phi) is 11.6. The number of piperidine rings is 1. The molecule has 0 aromatic carbocycles. The number of nitrogens with zero attached hydrogens (tertiary/aromatic N) is 6. The van der Waals surface area contributed by atoms with Gasteiger partial charge >= 0.3 is 6.09 Å². The summed E-state index contributed by atoms with van der Waals surface area (Å²) in [6.45, 7) is 17.3. The lowest BCUT2D eigenvalue weighted by atomic mass is 9.94. The molecule has 0 saturated carbocycles. The second kappa shape index (κ2) is 14.5. The van der Waals surface area contributed by atoms with Crippen molar-refractivity contribution in [3.63, 3.8) is 0 Å². The molecular formula is C28H46BrN7O4. The van der Waals surface area contributed by atoms with Crippen molar-refractivity contribution in [1.82, 2.24) is 29.9 Å². The standard InChI is InChI=1S/C26H40BrN7O4.C2H6/c1-7-36-16-33(17-37-8-2)24-21(27)22(18-10-9-11-32(15-18)25(35)38-26(3,4)5)30-23-20(13-29-34(23)24)19-12-28-31(6)14-19;1-2/h13-14,18,28H,7-12,15-17H2,1-6H3;1-2H3. The molecule has 11 nitrogen and oxygen atoms in total. The quantitative estimate of drug-likeness (QED) is 0.377. The van der Waals surface area contributed by atoms with Crippen LogP contribution < -0.4 is 10.3 Å². The summed E-state index contributed by atoms with van der Waals surface area (Å²) in [5.41, 5.74) is 6.47. The first-order valence-corrected chi connectivity index (χ1v) is 15.0. The van der Waals surface area contributed by atoms with Crippen LogP contribution in [-0.2, 0) is 14.2 Å². The highest BCUT2D eigenvalue weighted by atomic mass is 79.9. The van der Waals surface area contributed by atoms with Crippen LogP contribution in [0, 0.1) is 0 Å². The largest absolute Gasteiger partial charge is 0.444 e. The van der Waals surface area contributed by atoms with Gasteiger partial charge in [0.1, 0.15) is 19.1 Å². The summed E-state index contributed by atoms with van der Waals surface area (Å²) < 4.78 is 20.0. The maximum Gasteiger partial charge on any atom is 0.410 e. The number of fused-ring (bicyclic) bond motifs is 1.